The Morgan fingerprint density at radius 3 is 2.04 bits per heavy atom. The molecule has 0 radical (unpaired) electrons. The number of aryl methyl sites for hydroxylation is 1. The Morgan fingerprint density at radius 2 is 1.46 bits per heavy atom. The second kappa shape index (κ2) is 6.56. The van der Waals surface area contributed by atoms with E-state index in [1.54, 1.807) is 0 Å². The van der Waals surface area contributed by atoms with Crippen molar-refractivity contribution in [2.45, 2.75) is 25.9 Å². The van der Waals surface area contributed by atoms with Crippen LogP contribution in [0.5, 0.6) is 0 Å². The van der Waals surface area contributed by atoms with E-state index in [4.69, 9.17) is 0 Å². The predicted molar refractivity (Wildman–Crippen MR) is 90.7 cm³/mol. The quantitative estimate of drug-likeness (QED) is 0.576. The fraction of sp³-hybridized carbons (Fsp3) is 0.200. The summed E-state index contributed by atoms with van der Waals surface area (Å²) < 4.78 is 37.9. The van der Waals surface area contributed by atoms with Crippen LogP contribution in [0.25, 0.3) is 22.4 Å². The van der Waals surface area contributed by atoms with E-state index in [9.17, 15) is 13.2 Å². The Balaban J connectivity index is 1.82. The molecule has 0 aliphatic rings. The average Bonchev–Trinajstić information content (AvgIpc) is 3.05. The zero-order valence-corrected chi connectivity index (χ0v) is 13.3. The van der Waals surface area contributed by atoms with Crippen LogP contribution in [0.4, 0.5) is 13.2 Å². The number of aromatic amines is 1. The standard InChI is InChI=1S/C20H18F3N/c1-2-3-14-4-6-16(7-5-14)19-12-17(13-24-19)15-8-10-18(11-9-15)20(21,22)23/h4-13,24H,2-3H2,1H3. The molecule has 2 aromatic carbocycles. The topological polar surface area (TPSA) is 15.8 Å². The molecule has 1 heterocycles. The van der Waals surface area contributed by atoms with Crippen molar-refractivity contribution in [3.63, 3.8) is 0 Å². The molecule has 0 aliphatic carbocycles. The van der Waals surface area contributed by atoms with Crippen LogP contribution in [-0.4, -0.2) is 4.98 Å². The number of alkyl halides is 3. The van der Waals surface area contributed by atoms with Crippen molar-refractivity contribution in [1.29, 1.82) is 0 Å². The zero-order chi connectivity index (χ0) is 17.2. The molecule has 0 bridgehead atoms. The number of aromatic nitrogens is 1. The van der Waals surface area contributed by atoms with Crippen LogP contribution in [-0.2, 0) is 12.6 Å². The molecular weight excluding hydrogens is 311 g/mol. The van der Waals surface area contributed by atoms with Crippen molar-refractivity contribution in [2.24, 2.45) is 0 Å². The van der Waals surface area contributed by atoms with Crippen LogP contribution in [0.15, 0.2) is 60.8 Å². The Morgan fingerprint density at radius 1 is 0.833 bits per heavy atom. The molecule has 24 heavy (non-hydrogen) atoms. The summed E-state index contributed by atoms with van der Waals surface area (Å²) in [6.45, 7) is 2.15. The molecule has 1 N–H and O–H groups in total. The molecule has 3 aromatic rings. The van der Waals surface area contributed by atoms with Crippen LogP contribution >= 0.6 is 0 Å². The fourth-order valence-corrected chi connectivity index (χ4v) is 2.72. The summed E-state index contributed by atoms with van der Waals surface area (Å²) in [5.74, 6) is 0. The van der Waals surface area contributed by atoms with E-state index in [2.05, 4.69) is 36.2 Å². The monoisotopic (exact) mass is 329 g/mol. The third-order valence-corrected chi connectivity index (χ3v) is 4.03. The van der Waals surface area contributed by atoms with Crippen LogP contribution < -0.4 is 0 Å². The Labute approximate surface area is 139 Å². The van der Waals surface area contributed by atoms with Crippen molar-refractivity contribution in [1.82, 2.24) is 4.98 Å². The molecule has 0 atom stereocenters. The maximum Gasteiger partial charge on any atom is 0.416 e. The third kappa shape index (κ3) is 3.53. The summed E-state index contributed by atoms with van der Waals surface area (Å²) in [7, 11) is 0. The lowest BCUT2D eigenvalue weighted by molar-refractivity contribution is -0.137. The third-order valence-electron chi connectivity index (χ3n) is 4.03. The number of H-pyrrole nitrogens is 1. The molecule has 0 unspecified atom stereocenters. The zero-order valence-electron chi connectivity index (χ0n) is 13.3. The van der Waals surface area contributed by atoms with Gasteiger partial charge in [0.25, 0.3) is 0 Å². The van der Waals surface area contributed by atoms with Gasteiger partial charge in [-0.25, -0.2) is 0 Å². The van der Waals surface area contributed by atoms with Gasteiger partial charge in [0.15, 0.2) is 0 Å². The van der Waals surface area contributed by atoms with Gasteiger partial charge >= 0.3 is 6.18 Å². The lowest BCUT2D eigenvalue weighted by atomic mass is 10.0. The molecule has 0 spiro atoms. The van der Waals surface area contributed by atoms with Gasteiger partial charge in [-0.3, -0.25) is 0 Å². The van der Waals surface area contributed by atoms with Gasteiger partial charge in [-0.1, -0.05) is 49.7 Å². The lowest BCUT2D eigenvalue weighted by Gasteiger charge is -2.06. The number of hydrogen-bond acceptors (Lipinski definition) is 0. The van der Waals surface area contributed by atoms with Gasteiger partial charge in [0.1, 0.15) is 0 Å². The van der Waals surface area contributed by atoms with E-state index >= 15 is 0 Å². The Bertz CT molecular complexity index is 796. The van der Waals surface area contributed by atoms with Gasteiger partial charge in [-0.05, 0) is 46.9 Å². The van der Waals surface area contributed by atoms with Crippen molar-refractivity contribution in [2.75, 3.05) is 0 Å². The fourth-order valence-electron chi connectivity index (χ4n) is 2.72. The van der Waals surface area contributed by atoms with E-state index in [1.807, 2.05) is 12.3 Å². The van der Waals surface area contributed by atoms with Crippen LogP contribution in [0.1, 0.15) is 24.5 Å². The second-order valence-corrected chi connectivity index (χ2v) is 5.82. The van der Waals surface area contributed by atoms with Crippen molar-refractivity contribution in [3.8, 4) is 22.4 Å². The van der Waals surface area contributed by atoms with Gasteiger partial charge in [0, 0.05) is 11.9 Å². The van der Waals surface area contributed by atoms with Gasteiger partial charge in [0.2, 0.25) is 0 Å². The van der Waals surface area contributed by atoms with Gasteiger partial charge in [-0.2, -0.15) is 13.2 Å². The first kappa shape index (κ1) is 16.4. The van der Waals surface area contributed by atoms with Gasteiger partial charge in [0.05, 0.1) is 5.56 Å². The highest BCUT2D eigenvalue weighted by atomic mass is 19.4. The first-order chi connectivity index (χ1) is 11.5. The van der Waals surface area contributed by atoms with Crippen molar-refractivity contribution >= 4 is 0 Å². The van der Waals surface area contributed by atoms with E-state index in [0.717, 1.165) is 47.4 Å². The minimum Gasteiger partial charge on any atom is -0.361 e. The molecule has 1 aromatic heterocycles. The van der Waals surface area contributed by atoms with Gasteiger partial charge in [-0.15, -0.1) is 0 Å². The summed E-state index contributed by atoms with van der Waals surface area (Å²) in [4.78, 5) is 3.19. The normalized spacial score (nSPS) is 11.7. The highest BCUT2D eigenvalue weighted by molar-refractivity contribution is 5.71. The minimum atomic E-state index is -4.30. The van der Waals surface area contributed by atoms with E-state index in [0.29, 0.717) is 0 Å². The van der Waals surface area contributed by atoms with Crippen molar-refractivity contribution in [3.05, 3.63) is 71.9 Å². The summed E-state index contributed by atoms with van der Waals surface area (Å²) in [6, 6.07) is 15.5. The SMILES string of the molecule is CCCc1ccc(-c2cc(-c3ccc(C(F)(F)F)cc3)c[nH]2)cc1. The molecular formula is C20H18F3N. The molecule has 0 fully saturated rings. The van der Waals surface area contributed by atoms with Crippen LogP contribution in [0, 0.1) is 0 Å². The molecule has 124 valence electrons. The summed E-state index contributed by atoms with van der Waals surface area (Å²) in [5, 5.41) is 0. The molecule has 3 rings (SSSR count). The van der Waals surface area contributed by atoms with Gasteiger partial charge < -0.3 is 4.98 Å². The average molecular weight is 329 g/mol. The Kier molecular flexibility index (Phi) is 4.47. The number of rotatable bonds is 4. The maximum absolute atomic E-state index is 12.6. The van der Waals surface area contributed by atoms with E-state index in [-0.39, 0.29) is 0 Å². The smallest absolute Gasteiger partial charge is 0.361 e. The minimum absolute atomic E-state index is 0.631. The molecule has 4 heteroatoms. The maximum atomic E-state index is 12.6. The second-order valence-electron chi connectivity index (χ2n) is 5.82. The summed E-state index contributed by atoms with van der Waals surface area (Å²) >= 11 is 0. The highest BCUT2D eigenvalue weighted by Gasteiger charge is 2.29. The number of hydrogen-bond donors (Lipinski definition) is 1. The highest BCUT2D eigenvalue weighted by Crippen LogP contribution is 2.32. The van der Waals surface area contributed by atoms with Crippen molar-refractivity contribution < 1.29 is 13.2 Å². The molecule has 0 amide bonds. The van der Waals surface area contributed by atoms with E-state index in [1.165, 1.54) is 17.7 Å². The largest absolute Gasteiger partial charge is 0.416 e. The lowest BCUT2D eigenvalue weighted by Crippen LogP contribution is -2.03. The van der Waals surface area contributed by atoms with Crippen LogP contribution in [0.3, 0.4) is 0 Å². The first-order valence-electron chi connectivity index (χ1n) is 7.93. The Hall–Kier alpha value is -2.49. The first-order valence-corrected chi connectivity index (χ1v) is 7.93. The molecule has 1 nitrogen and oxygen atoms in total. The molecule has 0 saturated heterocycles. The summed E-state index contributed by atoms with van der Waals surface area (Å²) in [6.07, 6.45) is -0.318. The number of benzene rings is 2. The predicted octanol–water partition coefficient (Wildman–Crippen LogP) is 6.32. The molecule has 0 saturated carbocycles. The number of nitrogens with one attached hydrogen (secondary N) is 1. The van der Waals surface area contributed by atoms with E-state index < -0.39 is 11.7 Å². The number of halogens is 3. The molecule has 0 aliphatic heterocycles. The summed E-state index contributed by atoms with van der Waals surface area (Å²) in [5.41, 5.74) is 4.31. The van der Waals surface area contributed by atoms with Crippen LogP contribution in [0.2, 0.25) is 0 Å².